The second-order valence-corrected chi connectivity index (χ2v) is 5.82. The SMILES string of the molecule is O=C1CCCN1c1ccccc1NC1CCC(O)CC1. The van der Waals surface area contributed by atoms with Gasteiger partial charge in [-0.3, -0.25) is 4.79 Å². The minimum Gasteiger partial charge on any atom is -0.393 e. The summed E-state index contributed by atoms with van der Waals surface area (Å²) in [7, 11) is 0. The Morgan fingerprint density at radius 2 is 1.90 bits per heavy atom. The molecule has 2 N–H and O–H groups in total. The standard InChI is InChI=1S/C16H22N2O2/c19-13-9-7-12(8-10-13)17-14-4-1-2-5-15(14)18-11-3-6-16(18)20/h1-2,4-5,12-13,17,19H,3,6-11H2. The highest BCUT2D eigenvalue weighted by Crippen LogP contribution is 2.31. The van der Waals surface area contributed by atoms with Gasteiger partial charge in [0, 0.05) is 19.0 Å². The number of benzene rings is 1. The van der Waals surface area contributed by atoms with Gasteiger partial charge in [-0.15, -0.1) is 0 Å². The third-order valence-corrected chi connectivity index (χ3v) is 4.32. The molecular formula is C16H22N2O2. The molecule has 20 heavy (non-hydrogen) atoms. The van der Waals surface area contributed by atoms with Gasteiger partial charge < -0.3 is 15.3 Å². The van der Waals surface area contributed by atoms with Crippen LogP contribution < -0.4 is 10.2 Å². The number of hydrogen-bond acceptors (Lipinski definition) is 3. The van der Waals surface area contributed by atoms with E-state index in [4.69, 9.17) is 0 Å². The maximum Gasteiger partial charge on any atom is 0.227 e. The van der Waals surface area contributed by atoms with Crippen LogP contribution in [0.5, 0.6) is 0 Å². The van der Waals surface area contributed by atoms with Crippen molar-refractivity contribution in [2.75, 3.05) is 16.8 Å². The molecule has 1 aromatic rings. The van der Waals surface area contributed by atoms with Crippen molar-refractivity contribution in [3.05, 3.63) is 24.3 Å². The first-order valence-corrected chi connectivity index (χ1v) is 7.58. The van der Waals surface area contributed by atoms with Gasteiger partial charge in [0.2, 0.25) is 5.91 Å². The molecule has 1 aromatic carbocycles. The summed E-state index contributed by atoms with van der Waals surface area (Å²) >= 11 is 0. The normalized spacial score (nSPS) is 26.9. The first-order chi connectivity index (χ1) is 9.74. The average molecular weight is 274 g/mol. The summed E-state index contributed by atoms with van der Waals surface area (Å²) in [6.45, 7) is 0.820. The molecule has 4 nitrogen and oxygen atoms in total. The molecule has 1 saturated heterocycles. The molecule has 1 amide bonds. The van der Waals surface area contributed by atoms with Crippen LogP contribution in [0.3, 0.4) is 0 Å². The Morgan fingerprint density at radius 3 is 2.60 bits per heavy atom. The van der Waals surface area contributed by atoms with E-state index >= 15 is 0 Å². The number of nitrogens with one attached hydrogen (secondary N) is 1. The van der Waals surface area contributed by atoms with E-state index < -0.39 is 0 Å². The van der Waals surface area contributed by atoms with Crippen molar-refractivity contribution >= 4 is 17.3 Å². The van der Waals surface area contributed by atoms with Crippen LogP contribution in [-0.4, -0.2) is 29.7 Å². The van der Waals surface area contributed by atoms with E-state index in [-0.39, 0.29) is 12.0 Å². The van der Waals surface area contributed by atoms with Gasteiger partial charge in [0.25, 0.3) is 0 Å². The summed E-state index contributed by atoms with van der Waals surface area (Å²) in [5.41, 5.74) is 2.05. The van der Waals surface area contributed by atoms with Crippen molar-refractivity contribution < 1.29 is 9.90 Å². The molecule has 1 aliphatic carbocycles. The topological polar surface area (TPSA) is 52.6 Å². The molecule has 0 bridgehead atoms. The Balaban J connectivity index is 1.74. The summed E-state index contributed by atoms with van der Waals surface area (Å²) < 4.78 is 0. The minimum atomic E-state index is -0.136. The van der Waals surface area contributed by atoms with Crippen LogP contribution in [0.15, 0.2) is 24.3 Å². The fourth-order valence-corrected chi connectivity index (χ4v) is 3.17. The Hall–Kier alpha value is -1.55. The smallest absolute Gasteiger partial charge is 0.227 e. The molecule has 4 heteroatoms. The van der Waals surface area contributed by atoms with Crippen molar-refractivity contribution in [1.29, 1.82) is 0 Å². The third-order valence-electron chi connectivity index (χ3n) is 4.32. The molecule has 1 aliphatic heterocycles. The van der Waals surface area contributed by atoms with Crippen LogP contribution >= 0.6 is 0 Å². The molecule has 0 spiro atoms. The zero-order valence-electron chi connectivity index (χ0n) is 11.7. The van der Waals surface area contributed by atoms with Gasteiger partial charge in [0.1, 0.15) is 0 Å². The van der Waals surface area contributed by atoms with Crippen LogP contribution in [0, 0.1) is 0 Å². The number of hydrogen-bond donors (Lipinski definition) is 2. The fraction of sp³-hybridized carbons (Fsp3) is 0.562. The summed E-state index contributed by atoms with van der Waals surface area (Å²) in [5.74, 6) is 0.221. The second-order valence-electron chi connectivity index (χ2n) is 5.82. The maximum atomic E-state index is 11.9. The molecule has 0 atom stereocenters. The van der Waals surface area contributed by atoms with Crippen molar-refractivity contribution in [1.82, 2.24) is 0 Å². The third kappa shape index (κ3) is 2.80. The molecule has 0 unspecified atom stereocenters. The lowest BCUT2D eigenvalue weighted by molar-refractivity contribution is -0.117. The molecule has 108 valence electrons. The van der Waals surface area contributed by atoms with Crippen molar-refractivity contribution in [3.63, 3.8) is 0 Å². The lowest BCUT2D eigenvalue weighted by Gasteiger charge is -2.29. The first-order valence-electron chi connectivity index (χ1n) is 7.58. The van der Waals surface area contributed by atoms with Crippen LogP contribution in [0.2, 0.25) is 0 Å². The van der Waals surface area contributed by atoms with Crippen LogP contribution in [0.4, 0.5) is 11.4 Å². The first kappa shape index (κ1) is 13.4. The van der Waals surface area contributed by atoms with E-state index in [9.17, 15) is 9.90 Å². The Labute approximate surface area is 119 Å². The predicted octanol–water partition coefficient (Wildman–Crippen LogP) is 2.53. The van der Waals surface area contributed by atoms with Crippen LogP contribution in [-0.2, 0) is 4.79 Å². The monoisotopic (exact) mass is 274 g/mol. The van der Waals surface area contributed by atoms with Crippen molar-refractivity contribution in [2.24, 2.45) is 0 Å². The largest absolute Gasteiger partial charge is 0.393 e. The highest BCUT2D eigenvalue weighted by atomic mass is 16.3. The quantitative estimate of drug-likeness (QED) is 0.890. The zero-order chi connectivity index (χ0) is 13.9. The zero-order valence-corrected chi connectivity index (χ0v) is 11.7. The molecule has 2 fully saturated rings. The van der Waals surface area contributed by atoms with E-state index in [1.807, 2.05) is 29.2 Å². The van der Waals surface area contributed by atoms with E-state index in [0.29, 0.717) is 12.5 Å². The molecule has 3 rings (SSSR count). The Bertz CT molecular complexity index is 481. The van der Waals surface area contributed by atoms with E-state index in [0.717, 1.165) is 50.0 Å². The second kappa shape index (κ2) is 5.83. The number of aliphatic hydroxyl groups is 1. The molecule has 1 saturated carbocycles. The van der Waals surface area contributed by atoms with Gasteiger partial charge in [-0.2, -0.15) is 0 Å². The van der Waals surface area contributed by atoms with Crippen LogP contribution in [0.25, 0.3) is 0 Å². The van der Waals surface area contributed by atoms with E-state index in [1.54, 1.807) is 0 Å². The minimum absolute atomic E-state index is 0.136. The maximum absolute atomic E-state index is 11.9. The number of aliphatic hydroxyl groups excluding tert-OH is 1. The van der Waals surface area contributed by atoms with Gasteiger partial charge in [0.15, 0.2) is 0 Å². The van der Waals surface area contributed by atoms with Gasteiger partial charge in [-0.1, -0.05) is 12.1 Å². The van der Waals surface area contributed by atoms with Crippen molar-refractivity contribution in [2.45, 2.75) is 50.7 Å². The Morgan fingerprint density at radius 1 is 1.15 bits per heavy atom. The number of nitrogens with zero attached hydrogens (tertiary/aromatic N) is 1. The number of para-hydroxylation sites is 2. The highest BCUT2D eigenvalue weighted by Gasteiger charge is 2.25. The Kier molecular flexibility index (Phi) is 3.92. The van der Waals surface area contributed by atoms with Crippen LogP contribution in [0.1, 0.15) is 38.5 Å². The number of anilines is 2. The number of carbonyl (C=O) groups excluding carboxylic acids is 1. The molecule has 0 aromatic heterocycles. The average Bonchev–Trinajstić information content (AvgIpc) is 2.88. The number of amides is 1. The molecule has 0 radical (unpaired) electrons. The van der Waals surface area contributed by atoms with Gasteiger partial charge in [-0.05, 0) is 44.2 Å². The highest BCUT2D eigenvalue weighted by molar-refractivity contribution is 5.98. The lowest BCUT2D eigenvalue weighted by Crippen LogP contribution is -2.30. The molecular weight excluding hydrogens is 252 g/mol. The summed E-state index contributed by atoms with van der Waals surface area (Å²) in [6, 6.07) is 8.45. The van der Waals surface area contributed by atoms with E-state index in [1.165, 1.54) is 0 Å². The van der Waals surface area contributed by atoms with E-state index in [2.05, 4.69) is 5.32 Å². The lowest BCUT2D eigenvalue weighted by atomic mass is 9.93. The number of rotatable bonds is 3. The fourth-order valence-electron chi connectivity index (χ4n) is 3.17. The summed E-state index contributed by atoms with van der Waals surface area (Å²) in [6.07, 6.45) is 5.17. The van der Waals surface area contributed by atoms with Gasteiger partial charge >= 0.3 is 0 Å². The van der Waals surface area contributed by atoms with Crippen molar-refractivity contribution in [3.8, 4) is 0 Å². The summed E-state index contributed by atoms with van der Waals surface area (Å²) in [5, 5.41) is 13.1. The molecule has 1 heterocycles. The summed E-state index contributed by atoms with van der Waals surface area (Å²) in [4.78, 5) is 13.8. The van der Waals surface area contributed by atoms with Gasteiger partial charge in [-0.25, -0.2) is 0 Å². The molecule has 2 aliphatic rings. The number of carbonyl (C=O) groups is 1. The predicted molar refractivity (Wildman–Crippen MR) is 79.9 cm³/mol. The van der Waals surface area contributed by atoms with Gasteiger partial charge in [0.05, 0.1) is 17.5 Å².